The molecule has 0 bridgehead atoms. The maximum absolute atomic E-state index is 13.6. The molecule has 7 heteroatoms. The summed E-state index contributed by atoms with van der Waals surface area (Å²) in [5.41, 5.74) is -1.68. The first-order valence-electron chi connectivity index (χ1n) is 7.22. The molecular formula is C16H19BrFNO4. The topological polar surface area (TPSA) is 66.8 Å². The molecule has 0 aliphatic carbocycles. The highest BCUT2D eigenvalue weighted by atomic mass is 79.9. The summed E-state index contributed by atoms with van der Waals surface area (Å²) in [4.78, 5) is 25.5. The van der Waals surface area contributed by atoms with Crippen molar-refractivity contribution >= 4 is 28.0 Å². The lowest BCUT2D eigenvalue weighted by molar-refractivity contribution is -0.143. The summed E-state index contributed by atoms with van der Waals surface area (Å²) in [5, 5.41) is 9.74. The molecule has 1 amide bonds. The molecule has 23 heavy (non-hydrogen) atoms. The molecule has 1 atom stereocenters. The third-order valence-corrected chi connectivity index (χ3v) is 4.47. The maximum Gasteiger partial charge on any atom is 0.410 e. The highest BCUT2D eigenvalue weighted by Gasteiger charge is 2.49. The second-order valence-electron chi connectivity index (χ2n) is 6.66. The third-order valence-electron chi connectivity index (χ3n) is 3.77. The van der Waals surface area contributed by atoms with E-state index in [2.05, 4.69) is 15.9 Å². The fraction of sp³-hybridized carbons (Fsp3) is 0.500. The summed E-state index contributed by atoms with van der Waals surface area (Å²) in [7, 11) is 0. The van der Waals surface area contributed by atoms with Gasteiger partial charge in [0.05, 0.1) is 0 Å². The van der Waals surface area contributed by atoms with Gasteiger partial charge < -0.3 is 14.7 Å². The Morgan fingerprint density at radius 2 is 2.04 bits per heavy atom. The van der Waals surface area contributed by atoms with E-state index >= 15 is 0 Å². The zero-order valence-corrected chi connectivity index (χ0v) is 14.8. The number of amides is 1. The Morgan fingerprint density at radius 1 is 1.39 bits per heavy atom. The number of hydrogen-bond acceptors (Lipinski definition) is 3. The van der Waals surface area contributed by atoms with Gasteiger partial charge in [-0.2, -0.15) is 0 Å². The van der Waals surface area contributed by atoms with Gasteiger partial charge in [-0.15, -0.1) is 0 Å². The summed E-state index contributed by atoms with van der Waals surface area (Å²) in [5.74, 6) is -1.60. The van der Waals surface area contributed by atoms with E-state index < -0.39 is 28.9 Å². The molecule has 1 N–H and O–H groups in total. The van der Waals surface area contributed by atoms with Gasteiger partial charge in [-0.3, -0.25) is 4.79 Å². The van der Waals surface area contributed by atoms with E-state index in [1.807, 2.05) is 0 Å². The number of carbonyl (C=O) groups excluding carboxylic acids is 1. The number of halogens is 2. The molecule has 5 nitrogen and oxygen atoms in total. The van der Waals surface area contributed by atoms with Crippen LogP contribution < -0.4 is 0 Å². The van der Waals surface area contributed by atoms with Crippen molar-refractivity contribution in [3.05, 3.63) is 34.1 Å². The Labute approximate surface area is 142 Å². The number of rotatable bonds is 2. The number of carboxylic acids is 1. The van der Waals surface area contributed by atoms with Crippen molar-refractivity contribution in [2.75, 3.05) is 13.1 Å². The van der Waals surface area contributed by atoms with Crippen LogP contribution in [0.25, 0.3) is 0 Å². The zero-order valence-electron chi connectivity index (χ0n) is 13.2. The lowest BCUT2D eigenvalue weighted by Crippen LogP contribution is -2.42. The second kappa shape index (κ2) is 6.11. The predicted octanol–water partition coefficient (Wildman–Crippen LogP) is 3.55. The molecule has 126 valence electrons. The molecule has 1 aliphatic rings. The van der Waals surface area contributed by atoms with Crippen LogP contribution in [0.4, 0.5) is 9.18 Å². The van der Waals surface area contributed by atoms with Crippen molar-refractivity contribution in [3.63, 3.8) is 0 Å². The van der Waals surface area contributed by atoms with Crippen LogP contribution >= 0.6 is 15.9 Å². The van der Waals surface area contributed by atoms with E-state index in [1.165, 1.54) is 23.1 Å². The first-order chi connectivity index (χ1) is 10.5. The van der Waals surface area contributed by atoms with Crippen LogP contribution in [0, 0.1) is 5.82 Å². The minimum absolute atomic E-state index is 0.0563. The number of ether oxygens (including phenoxy) is 1. The average Bonchev–Trinajstić information content (AvgIpc) is 2.86. The van der Waals surface area contributed by atoms with Crippen molar-refractivity contribution in [2.45, 2.75) is 38.2 Å². The molecule has 1 aromatic rings. The van der Waals surface area contributed by atoms with Crippen molar-refractivity contribution in [1.82, 2.24) is 4.90 Å². The Morgan fingerprint density at radius 3 is 2.61 bits per heavy atom. The van der Waals surface area contributed by atoms with Gasteiger partial charge in [-0.05, 0) is 51.0 Å². The van der Waals surface area contributed by atoms with E-state index in [0.717, 1.165) is 0 Å². The summed E-state index contributed by atoms with van der Waals surface area (Å²) < 4.78 is 19.4. The van der Waals surface area contributed by atoms with Crippen LogP contribution in [0.2, 0.25) is 0 Å². The van der Waals surface area contributed by atoms with Crippen molar-refractivity contribution < 1.29 is 23.8 Å². The van der Waals surface area contributed by atoms with Gasteiger partial charge in [0.25, 0.3) is 0 Å². The molecule has 0 spiro atoms. The first-order valence-corrected chi connectivity index (χ1v) is 8.01. The Balaban J connectivity index is 2.33. The van der Waals surface area contributed by atoms with E-state index in [1.54, 1.807) is 20.8 Å². The van der Waals surface area contributed by atoms with Crippen molar-refractivity contribution in [3.8, 4) is 0 Å². The molecule has 0 aromatic heterocycles. The molecule has 0 saturated carbocycles. The highest BCUT2D eigenvalue weighted by Crippen LogP contribution is 2.39. The van der Waals surface area contributed by atoms with Gasteiger partial charge in [-0.1, -0.05) is 15.9 Å². The Bertz CT molecular complexity index is 643. The van der Waals surface area contributed by atoms with Crippen LogP contribution in [-0.2, 0) is 14.9 Å². The van der Waals surface area contributed by atoms with E-state index in [4.69, 9.17) is 4.74 Å². The van der Waals surface area contributed by atoms with Crippen molar-refractivity contribution in [1.29, 1.82) is 0 Å². The molecule has 0 radical (unpaired) electrons. The first kappa shape index (κ1) is 17.7. The van der Waals surface area contributed by atoms with E-state index in [-0.39, 0.29) is 19.5 Å². The molecule has 1 heterocycles. The minimum atomic E-state index is -1.35. The van der Waals surface area contributed by atoms with E-state index in [9.17, 15) is 19.1 Å². The number of aliphatic carboxylic acids is 1. The Hall–Kier alpha value is -1.63. The lowest BCUT2D eigenvalue weighted by atomic mass is 9.79. The fourth-order valence-corrected chi connectivity index (χ4v) is 3.29. The van der Waals surface area contributed by atoms with E-state index in [0.29, 0.717) is 10.0 Å². The molecule has 1 aliphatic heterocycles. The smallest absolute Gasteiger partial charge is 0.410 e. The predicted molar refractivity (Wildman–Crippen MR) is 85.8 cm³/mol. The quantitative estimate of drug-likeness (QED) is 0.842. The Kier molecular flexibility index (Phi) is 4.71. The van der Waals surface area contributed by atoms with Gasteiger partial charge in [0.1, 0.15) is 16.8 Å². The summed E-state index contributed by atoms with van der Waals surface area (Å²) in [6, 6.07) is 3.94. The zero-order chi connectivity index (χ0) is 17.4. The SMILES string of the molecule is CC(C)(C)OC(=O)N1CCC(C(=O)O)(c2cc(F)ccc2Br)C1. The number of likely N-dealkylation sites (tertiary alicyclic amines) is 1. The summed E-state index contributed by atoms with van der Waals surface area (Å²) >= 11 is 3.29. The number of carbonyl (C=O) groups is 2. The molecule has 1 unspecified atom stereocenters. The van der Waals surface area contributed by atoms with Crippen LogP contribution in [0.15, 0.2) is 22.7 Å². The molecule has 1 saturated heterocycles. The largest absolute Gasteiger partial charge is 0.481 e. The highest BCUT2D eigenvalue weighted by molar-refractivity contribution is 9.10. The molecule has 1 aromatic carbocycles. The van der Waals surface area contributed by atoms with Crippen molar-refractivity contribution in [2.24, 2.45) is 0 Å². The molecular weight excluding hydrogens is 369 g/mol. The van der Waals surface area contributed by atoms with Gasteiger partial charge in [0, 0.05) is 17.6 Å². The standard InChI is InChI=1S/C16H19BrFNO4/c1-15(2,3)23-14(22)19-7-6-16(9-19,13(20)21)11-8-10(18)4-5-12(11)17/h4-5,8H,6-7,9H2,1-3H3,(H,20,21). The van der Waals surface area contributed by atoms with Gasteiger partial charge >= 0.3 is 12.1 Å². The maximum atomic E-state index is 13.6. The lowest BCUT2D eigenvalue weighted by Gasteiger charge is -2.28. The summed E-state index contributed by atoms with van der Waals surface area (Å²) in [6.45, 7) is 5.42. The number of benzene rings is 1. The fourth-order valence-electron chi connectivity index (χ4n) is 2.67. The summed E-state index contributed by atoms with van der Waals surface area (Å²) in [6.07, 6.45) is -0.364. The van der Waals surface area contributed by atoms with Crippen LogP contribution in [0.5, 0.6) is 0 Å². The van der Waals surface area contributed by atoms with Gasteiger partial charge in [0.2, 0.25) is 0 Å². The monoisotopic (exact) mass is 387 g/mol. The molecule has 1 fully saturated rings. The number of carboxylic acid groups (broad SMARTS) is 1. The van der Waals surface area contributed by atoms with Crippen LogP contribution in [0.3, 0.4) is 0 Å². The van der Waals surface area contributed by atoms with Gasteiger partial charge in [0.15, 0.2) is 0 Å². The number of nitrogens with zero attached hydrogens (tertiary/aromatic N) is 1. The number of hydrogen-bond donors (Lipinski definition) is 1. The third kappa shape index (κ3) is 3.65. The van der Waals surface area contributed by atoms with Crippen LogP contribution in [-0.4, -0.2) is 40.8 Å². The molecule has 2 rings (SSSR count). The van der Waals surface area contributed by atoms with Crippen LogP contribution in [0.1, 0.15) is 32.8 Å². The van der Waals surface area contributed by atoms with Gasteiger partial charge in [-0.25, -0.2) is 9.18 Å². The average molecular weight is 388 g/mol. The minimum Gasteiger partial charge on any atom is -0.481 e. The normalized spacial score (nSPS) is 21.3. The second-order valence-corrected chi connectivity index (χ2v) is 7.52.